The molecule has 0 fully saturated rings. The van der Waals surface area contributed by atoms with Crippen LogP contribution in [0.5, 0.6) is 5.75 Å². The van der Waals surface area contributed by atoms with E-state index in [1.807, 2.05) is 30.0 Å². The second-order valence-electron chi connectivity index (χ2n) is 4.68. The Morgan fingerprint density at radius 1 is 1.32 bits per heavy atom. The summed E-state index contributed by atoms with van der Waals surface area (Å²) >= 11 is 1.87. The number of rotatable bonds is 9. The van der Waals surface area contributed by atoms with Gasteiger partial charge in [0, 0.05) is 24.0 Å². The third kappa shape index (κ3) is 5.43. The van der Waals surface area contributed by atoms with Gasteiger partial charge >= 0.3 is 0 Å². The fraction of sp³-hybridized carbons (Fsp3) is 0.600. The molecule has 3 nitrogen and oxygen atoms in total. The van der Waals surface area contributed by atoms with E-state index in [1.54, 1.807) is 7.11 Å². The molecule has 0 heterocycles. The minimum Gasteiger partial charge on any atom is -0.496 e. The first-order chi connectivity index (χ1) is 9.22. The summed E-state index contributed by atoms with van der Waals surface area (Å²) in [6.07, 6.45) is 0. The van der Waals surface area contributed by atoms with Gasteiger partial charge < -0.3 is 15.2 Å². The monoisotopic (exact) mass is 283 g/mol. The number of para-hydroxylation sites is 1. The molecule has 2 N–H and O–H groups in total. The third-order valence-corrected chi connectivity index (χ3v) is 4.34. The van der Waals surface area contributed by atoms with Crippen LogP contribution in [-0.2, 0) is 0 Å². The fourth-order valence-electron chi connectivity index (χ4n) is 1.90. The Kier molecular flexibility index (Phi) is 7.94. The van der Waals surface area contributed by atoms with Gasteiger partial charge in [0.25, 0.3) is 0 Å². The molecule has 1 aromatic rings. The summed E-state index contributed by atoms with van der Waals surface area (Å²) in [4.78, 5) is 0. The van der Waals surface area contributed by atoms with Crippen LogP contribution in [0.25, 0.3) is 0 Å². The van der Waals surface area contributed by atoms with Crippen LogP contribution in [-0.4, -0.2) is 36.9 Å². The van der Waals surface area contributed by atoms with Crippen LogP contribution in [0, 0.1) is 5.92 Å². The van der Waals surface area contributed by atoms with Crippen molar-refractivity contribution >= 4 is 11.8 Å². The lowest BCUT2D eigenvalue weighted by Gasteiger charge is -2.21. The van der Waals surface area contributed by atoms with Crippen LogP contribution in [0.3, 0.4) is 0 Å². The van der Waals surface area contributed by atoms with E-state index in [9.17, 15) is 0 Å². The van der Waals surface area contributed by atoms with Crippen molar-refractivity contribution in [2.45, 2.75) is 19.9 Å². The smallest absolute Gasteiger partial charge is 0.123 e. The molecule has 1 rings (SSSR count). The topological polar surface area (TPSA) is 41.5 Å². The average molecular weight is 283 g/mol. The van der Waals surface area contributed by atoms with Crippen molar-refractivity contribution in [2.24, 2.45) is 5.92 Å². The molecule has 19 heavy (non-hydrogen) atoms. The van der Waals surface area contributed by atoms with E-state index < -0.39 is 0 Å². The van der Waals surface area contributed by atoms with Crippen LogP contribution in [0.4, 0.5) is 0 Å². The van der Waals surface area contributed by atoms with Crippen LogP contribution >= 0.6 is 11.8 Å². The summed E-state index contributed by atoms with van der Waals surface area (Å²) in [5.74, 6) is 3.25. The molecule has 0 aliphatic heterocycles. The first-order valence-corrected chi connectivity index (χ1v) is 7.93. The van der Waals surface area contributed by atoms with E-state index in [4.69, 9.17) is 9.84 Å². The van der Waals surface area contributed by atoms with Gasteiger partial charge in [-0.05, 0) is 24.3 Å². The third-order valence-electron chi connectivity index (χ3n) is 2.96. The SMILES string of the molecule is CCNC(CSCC(C)CO)c1ccccc1OC. The number of nitrogens with one attached hydrogen (secondary N) is 1. The summed E-state index contributed by atoms with van der Waals surface area (Å²) in [6, 6.07) is 8.44. The fourth-order valence-corrected chi connectivity index (χ4v) is 3.08. The van der Waals surface area contributed by atoms with Crippen molar-refractivity contribution in [3.8, 4) is 5.75 Å². The van der Waals surface area contributed by atoms with Gasteiger partial charge in [0.1, 0.15) is 5.75 Å². The van der Waals surface area contributed by atoms with E-state index in [0.717, 1.165) is 23.8 Å². The Morgan fingerprint density at radius 3 is 2.68 bits per heavy atom. The molecule has 0 radical (unpaired) electrons. The van der Waals surface area contributed by atoms with Crippen LogP contribution < -0.4 is 10.1 Å². The Balaban J connectivity index is 2.65. The summed E-state index contributed by atoms with van der Waals surface area (Å²) < 4.78 is 5.43. The molecule has 1 aromatic carbocycles. The van der Waals surface area contributed by atoms with E-state index in [-0.39, 0.29) is 12.6 Å². The molecule has 0 saturated carbocycles. The average Bonchev–Trinajstić information content (AvgIpc) is 2.46. The molecular formula is C15H25NO2S. The minimum absolute atomic E-state index is 0.257. The maximum absolute atomic E-state index is 9.05. The molecule has 0 aromatic heterocycles. The first kappa shape index (κ1) is 16.3. The zero-order valence-corrected chi connectivity index (χ0v) is 12.9. The second-order valence-corrected chi connectivity index (χ2v) is 5.75. The Hall–Kier alpha value is -0.710. The standard InChI is InChI=1S/C15H25NO2S/c1-4-16-14(11-19-10-12(2)9-17)13-7-5-6-8-15(13)18-3/h5-8,12,14,16-17H,4,9-11H2,1-3H3. The molecule has 2 unspecified atom stereocenters. The lowest BCUT2D eigenvalue weighted by atomic mass is 10.1. The van der Waals surface area contributed by atoms with Gasteiger partial charge in [-0.25, -0.2) is 0 Å². The number of benzene rings is 1. The summed E-state index contributed by atoms with van der Waals surface area (Å²) in [7, 11) is 1.71. The number of aliphatic hydroxyl groups excluding tert-OH is 1. The molecular weight excluding hydrogens is 258 g/mol. The van der Waals surface area contributed by atoms with Crippen molar-refractivity contribution in [1.29, 1.82) is 0 Å². The first-order valence-electron chi connectivity index (χ1n) is 6.77. The number of methoxy groups -OCH3 is 1. The van der Waals surface area contributed by atoms with Gasteiger partial charge in [0.05, 0.1) is 7.11 Å². The van der Waals surface area contributed by atoms with E-state index in [2.05, 4.69) is 25.2 Å². The highest BCUT2D eigenvalue weighted by atomic mass is 32.2. The zero-order chi connectivity index (χ0) is 14.1. The number of hydrogen-bond donors (Lipinski definition) is 2. The molecule has 108 valence electrons. The van der Waals surface area contributed by atoms with Crippen LogP contribution in [0.15, 0.2) is 24.3 Å². The van der Waals surface area contributed by atoms with Crippen LogP contribution in [0.2, 0.25) is 0 Å². The quantitative estimate of drug-likeness (QED) is 0.731. The summed E-state index contributed by atoms with van der Waals surface area (Å²) in [6.45, 7) is 5.37. The molecule has 2 atom stereocenters. The van der Waals surface area contributed by atoms with E-state index in [0.29, 0.717) is 5.92 Å². The number of thioether (sulfide) groups is 1. The maximum Gasteiger partial charge on any atom is 0.123 e. The van der Waals surface area contributed by atoms with Crippen molar-refractivity contribution in [3.05, 3.63) is 29.8 Å². The van der Waals surface area contributed by atoms with Crippen molar-refractivity contribution < 1.29 is 9.84 Å². The molecule has 0 aliphatic rings. The summed E-state index contributed by atoms with van der Waals surface area (Å²) in [5, 5.41) is 12.6. The summed E-state index contributed by atoms with van der Waals surface area (Å²) in [5.41, 5.74) is 1.20. The highest BCUT2D eigenvalue weighted by molar-refractivity contribution is 7.99. The van der Waals surface area contributed by atoms with Gasteiger partial charge in [0.15, 0.2) is 0 Å². The zero-order valence-electron chi connectivity index (χ0n) is 12.1. The maximum atomic E-state index is 9.05. The highest BCUT2D eigenvalue weighted by Gasteiger charge is 2.15. The molecule has 0 aliphatic carbocycles. The number of aliphatic hydroxyl groups is 1. The Morgan fingerprint density at radius 2 is 2.05 bits per heavy atom. The van der Waals surface area contributed by atoms with Gasteiger partial charge in [0.2, 0.25) is 0 Å². The van der Waals surface area contributed by atoms with Crippen molar-refractivity contribution in [3.63, 3.8) is 0 Å². The van der Waals surface area contributed by atoms with E-state index in [1.165, 1.54) is 5.56 Å². The van der Waals surface area contributed by atoms with Crippen molar-refractivity contribution in [1.82, 2.24) is 5.32 Å². The lowest BCUT2D eigenvalue weighted by Crippen LogP contribution is -2.24. The lowest BCUT2D eigenvalue weighted by molar-refractivity contribution is 0.250. The Bertz CT molecular complexity index is 360. The second kappa shape index (κ2) is 9.23. The number of ether oxygens (including phenoxy) is 1. The molecule has 0 saturated heterocycles. The van der Waals surface area contributed by atoms with Crippen LogP contribution in [0.1, 0.15) is 25.5 Å². The molecule has 0 amide bonds. The Labute approximate surface area is 120 Å². The van der Waals surface area contributed by atoms with E-state index >= 15 is 0 Å². The van der Waals surface area contributed by atoms with Gasteiger partial charge in [-0.1, -0.05) is 32.0 Å². The van der Waals surface area contributed by atoms with Gasteiger partial charge in [-0.3, -0.25) is 0 Å². The molecule has 0 spiro atoms. The predicted molar refractivity (Wildman–Crippen MR) is 83.0 cm³/mol. The normalized spacial score (nSPS) is 14.1. The largest absolute Gasteiger partial charge is 0.496 e. The highest BCUT2D eigenvalue weighted by Crippen LogP contribution is 2.27. The minimum atomic E-state index is 0.257. The predicted octanol–water partition coefficient (Wildman–Crippen LogP) is 2.71. The van der Waals surface area contributed by atoms with Gasteiger partial charge in [-0.2, -0.15) is 11.8 Å². The van der Waals surface area contributed by atoms with Crippen molar-refractivity contribution in [2.75, 3.05) is 31.8 Å². The molecule has 0 bridgehead atoms. The number of hydrogen-bond acceptors (Lipinski definition) is 4. The van der Waals surface area contributed by atoms with Gasteiger partial charge in [-0.15, -0.1) is 0 Å². The molecule has 4 heteroatoms.